The molecular formula is C13H10ClNO3S2. The van der Waals surface area contributed by atoms with Crippen molar-refractivity contribution in [1.82, 2.24) is 0 Å². The van der Waals surface area contributed by atoms with Gasteiger partial charge in [-0.1, -0.05) is 23.7 Å². The van der Waals surface area contributed by atoms with Gasteiger partial charge in [-0.15, -0.1) is 23.1 Å². The van der Waals surface area contributed by atoms with E-state index in [1.807, 2.05) is 18.2 Å². The molecule has 4 nitrogen and oxygen atoms in total. The van der Waals surface area contributed by atoms with Gasteiger partial charge in [0.1, 0.15) is 4.88 Å². The molecule has 1 amide bonds. The maximum absolute atomic E-state index is 11.8. The summed E-state index contributed by atoms with van der Waals surface area (Å²) in [5.74, 6) is -1.15. The summed E-state index contributed by atoms with van der Waals surface area (Å²) in [6, 6.07) is 8.81. The monoisotopic (exact) mass is 327 g/mol. The van der Waals surface area contributed by atoms with E-state index in [0.29, 0.717) is 10.7 Å². The first kappa shape index (κ1) is 14.9. The molecule has 0 fully saturated rings. The van der Waals surface area contributed by atoms with Gasteiger partial charge < -0.3 is 10.4 Å². The van der Waals surface area contributed by atoms with Gasteiger partial charge in [-0.2, -0.15) is 0 Å². The van der Waals surface area contributed by atoms with Gasteiger partial charge >= 0.3 is 5.97 Å². The first-order valence-corrected chi connectivity index (χ1v) is 7.80. The summed E-state index contributed by atoms with van der Waals surface area (Å²) in [7, 11) is 0. The summed E-state index contributed by atoms with van der Waals surface area (Å²) in [5, 5.41) is 13.8. The largest absolute Gasteiger partial charge is 0.477 e. The van der Waals surface area contributed by atoms with E-state index in [1.165, 1.54) is 11.8 Å². The van der Waals surface area contributed by atoms with Crippen molar-refractivity contribution in [3.8, 4) is 0 Å². The van der Waals surface area contributed by atoms with Crippen molar-refractivity contribution in [3.63, 3.8) is 0 Å². The minimum absolute atomic E-state index is 0.126. The van der Waals surface area contributed by atoms with Crippen molar-refractivity contribution < 1.29 is 14.7 Å². The molecule has 0 aliphatic carbocycles. The van der Waals surface area contributed by atoms with E-state index in [9.17, 15) is 9.59 Å². The number of benzene rings is 1. The van der Waals surface area contributed by atoms with E-state index in [1.54, 1.807) is 17.5 Å². The molecule has 0 radical (unpaired) electrons. The third kappa shape index (κ3) is 3.75. The summed E-state index contributed by atoms with van der Waals surface area (Å²) >= 11 is 8.37. The highest BCUT2D eigenvalue weighted by molar-refractivity contribution is 8.00. The van der Waals surface area contributed by atoms with Crippen LogP contribution in [0.5, 0.6) is 0 Å². The zero-order valence-corrected chi connectivity index (χ0v) is 12.5. The van der Waals surface area contributed by atoms with E-state index in [-0.39, 0.29) is 16.5 Å². The lowest BCUT2D eigenvalue weighted by Crippen LogP contribution is -2.15. The predicted octanol–water partition coefficient (Wildman–Crippen LogP) is 3.83. The van der Waals surface area contributed by atoms with Gasteiger partial charge in [0.2, 0.25) is 5.91 Å². The topological polar surface area (TPSA) is 66.4 Å². The number of hydrogen-bond donors (Lipinski definition) is 2. The van der Waals surface area contributed by atoms with Gasteiger partial charge in [0.05, 0.1) is 16.5 Å². The highest BCUT2D eigenvalue weighted by atomic mass is 35.5. The summed E-state index contributed by atoms with van der Waals surface area (Å²) in [4.78, 5) is 23.7. The molecule has 1 heterocycles. The van der Waals surface area contributed by atoms with Crippen LogP contribution in [0.15, 0.2) is 40.6 Å². The van der Waals surface area contributed by atoms with Gasteiger partial charge in [0.15, 0.2) is 0 Å². The molecule has 0 unspecified atom stereocenters. The molecule has 7 heteroatoms. The number of amides is 1. The molecule has 0 spiro atoms. The lowest BCUT2D eigenvalue weighted by molar-refractivity contribution is -0.113. The number of halogens is 1. The van der Waals surface area contributed by atoms with Crippen LogP contribution in [-0.4, -0.2) is 22.7 Å². The zero-order valence-electron chi connectivity index (χ0n) is 10.1. The highest BCUT2D eigenvalue weighted by Gasteiger charge is 2.14. The van der Waals surface area contributed by atoms with Gasteiger partial charge in [-0.25, -0.2) is 4.79 Å². The number of nitrogens with one attached hydrogen (secondary N) is 1. The number of anilines is 1. The summed E-state index contributed by atoms with van der Waals surface area (Å²) in [5.41, 5.74) is 0.326. The quantitative estimate of drug-likeness (QED) is 0.819. The summed E-state index contributed by atoms with van der Waals surface area (Å²) in [6.45, 7) is 0. The van der Waals surface area contributed by atoms with Crippen LogP contribution in [0.3, 0.4) is 0 Å². The van der Waals surface area contributed by atoms with Crippen molar-refractivity contribution in [2.75, 3.05) is 11.1 Å². The predicted molar refractivity (Wildman–Crippen MR) is 82.1 cm³/mol. The number of thiophene rings is 1. The second-order valence-corrected chi connectivity index (χ2v) is 6.08. The Balaban J connectivity index is 1.95. The molecule has 104 valence electrons. The molecule has 0 saturated heterocycles. The first-order valence-electron chi connectivity index (χ1n) is 5.56. The van der Waals surface area contributed by atoms with Crippen molar-refractivity contribution in [2.45, 2.75) is 4.90 Å². The van der Waals surface area contributed by atoms with Crippen LogP contribution in [0.2, 0.25) is 5.02 Å². The van der Waals surface area contributed by atoms with E-state index in [4.69, 9.17) is 16.7 Å². The Morgan fingerprint density at radius 3 is 2.75 bits per heavy atom. The Morgan fingerprint density at radius 2 is 2.05 bits per heavy atom. The maximum Gasteiger partial charge on any atom is 0.348 e. The van der Waals surface area contributed by atoms with E-state index < -0.39 is 5.97 Å². The summed E-state index contributed by atoms with van der Waals surface area (Å²) < 4.78 is 0. The Bertz CT molecular complexity index is 642. The molecule has 20 heavy (non-hydrogen) atoms. The van der Waals surface area contributed by atoms with Crippen LogP contribution in [0, 0.1) is 0 Å². The second kappa shape index (κ2) is 6.78. The first-order chi connectivity index (χ1) is 9.58. The van der Waals surface area contributed by atoms with Gasteiger partial charge in [-0.3, -0.25) is 4.79 Å². The lowest BCUT2D eigenvalue weighted by atomic mass is 10.4. The summed E-state index contributed by atoms with van der Waals surface area (Å²) in [6.07, 6.45) is 0. The lowest BCUT2D eigenvalue weighted by Gasteiger charge is -2.05. The number of rotatable bonds is 5. The molecule has 1 aromatic heterocycles. The SMILES string of the molecule is O=C(CSc1ccccc1Cl)Nc1ccsc1C(=O)O. The number of carbonyl (C=O) groups excluding carboxylic acids is 1. The van der Waals surface area contributed by atoms with Crippen molar-refractivity contribution in [3.05, 3.63) is 45.6 Å². The number of carboxylic acids is 1. The molecule has 0 saturated carbocycles. The van der Waals surface area contributed by atoms with Gasteiger partial charge in [0, 0.05) is 4.90 Å². The molecule has 2 rings (SSSR count). The fraction of sp³-hybridized carbons (Fsp3) is 0.0769. The van der Waals surface area contributed by atoms with E-state index in [0.717, 1.165) is 16.2 Å². The molecule has 2 N–H and O–H groups in total. The van der Waals surface area contributed by atoms with Crippen molar-refractivity contribution in [2.24, 2.45) is 0 Å². The average molecular weight is 328 g/mol. The molecule has 0 bridgehead atoms. The van der Waals surface area contributed by atoms with Crippen LogP contribution in [0.1, 0.15) is 9.67 Å². The standard InChI is InChI=1S/C13H10ClNO3S2/c14-8-3-1-2-4-10(8)20-7-11(16)15-9-5-6-19-12(9)13(17)18/h1-6H,7H2,(H,15,16)(H,17,18). The number of carboxylic acid groups (broad SMARTS) is 1. The van der Waals surface area contributed by atoms with Crippen molar-refractivity contribution in [1.29, 1.82) is 0 Å². The Labute approximate surface area is 128 Å². The normalized spacial score (nSPS) is 10.2. The van der Waals surface area contributed by atoms with Crippen LogP contribution >= 0.6 is 34.7 Å². The van der Waals surface area contributed by atoms with E-state index in [2.05, 4.69) is 5.32 Å². The number of aromatic carboxylic acids is 1. The average Bonchev–Trinajstić information content (AvgIpc) is 2.86. The molecule has 0 aliphatic heterocycles. The van der Waals surface area contributed by atoms with Crippen LogP contribution in [-0.2, 0) is 4.79 Å². The minimum Gasteiger partial charge on any atom is -0.477 e. The van der Waals surface area contributed by atoms with E-state index >= 15 is 0 Å². The molecule has 2 aromatic rings. The third-order valence-corrected chi connectivity index (χ3v) is 4.75. The molecule has 0 atom stereocenters. The molecule has 0 aliphatic rings. The number of thioether (sulfide) groups is 1. The van der Waals surface area contributed by atoms with Crippen molar-refractivity contribution >= 4 is 52.3 Å². The van der Waals surface area contributed by atoms with Crippen LogP contribution < -0.4 is 5.32 Å². The number of hydrogen-bond acceptors (Lipinski definition) is 4. The Morgan fingerprint density at radius 1 is 1.30 bits per heavy atom. The second-order valence-electron chi connectivity index (χ2n) is 3.74. The Kier molecular flexibility index (Phi) is 5.05. The smallest absolute Gasteiger partial charge is 0.348 e. The highest BCUT2D eigenvalue weighted by Crippen LogP contribution is 2.27. The van der Waals surface area contributed by atoms with Crippen LogP contribution in [0.4, 0.5) is 5.69 Å². The number of carbonyl (C=O) groups is 2. The fourth-order valence-corrected chi connectivity index (χ4v) is 3.19. The van der Waals surface area contributed by atoms with Gasteiger partial charge in [0.25, 0.3) is 0 Å². The third-order valence-electron chi connectivity index (χ3n) is 2.33. The fourth-order valence-electron chi connectivity index (χ4n) is 1.46. The molecule has 1 aromatic carbocycles. The van der Waals surface area contributed by atoms with Gasteiger partial charge in [-0.05, 0) is 23.6 Å². The Hall–Kier alpha value is -1.50. The zero-order chi connectivity index (χ0) is 14.5. The maximum atomic E-state index is 11.8. The minimum atomic E-state index is -1.05. The van der Waals surface area contributed by atoms with Crippen LogP contribution in [0.25, 0.3) is 0 Å². The molecular weight excluding hydrogens is 318 g/mol.